The van der Waals surface area contributed by atoms with Crippen LogP contribution in [-0.4, -0.2) is 11.5 Å². The van der Waals surface area contributed by atoms with Crippen LogP contribution in [0.1, 0.15) is 30.0 Å². The number of nitrogens with zero attached hydrogens (tertiary/aromatic N) is 2. The van der Waals surface area contributed by atoms with E-state index in [2.05, 4.69) is 183 Å². The maximum atomic E-state index is 6.62. The van der Waals surface area contributed by atoms with Crippen LogP contribution in [-0.2, 0) is 0 Å². The minimum atomic E-state index is 0.0665. The largest absolute Gasteiger partial charge is 0.456 e. The molecule has 264 valence electrons. The van der Waals surface area contributed by atoms with Crippen molar-refractivity contribution in [2.75, 3.05) is 0 Å². The van der Waals surface area contributed by atoms with Gasteiger partial charge >= 0.3 is 0 Å². The molecule has 3 nitrogen and oxygen atoms in total. The van der Waals surface area contributed by atoms with Gasteiger partial charge in [-0.05, 0) is 114 Å². The molecule has 3 heteroatoms. The Morgan fingerprint density at radius 3 is 1.77 bits per heavy atom. The number of amidine groups is 1. The normalized spacial score (nSPS) is 14.7. The van der Waals surface area contributed by atoms with Crippen molar-refractivity contribution in [1.29, 1.82) is 0 Å². The first kappa shape index (κ1) is 32.3. The minimum Gasteiger partial charge on any atom is -0.456 e. The fraction of sp³-hybridized carbons (Fsp3) is 0.0566. The molecule has 1 aromatic heterocycles. The van der Waals surface area contributed by atoms with Crippen molar-refractivity contribution >= 4 is 82.3 Å². The van der Waals surface area contributed by atoms with E-state index in [0.29, 0.717) is 5.84 Å². The van der Waals surface area contributed by atoms with E-state index in [1.807, 2.05) is 6.07 Å². The average molecular weight is 717 g/mol. The van der Waals surface area contributed by atoms with Gasteiger partial charge in [0.15, 0.2) is 5.84 Å². The van der Waals surface area contributed by atoms with Gasteiger partial charge in [0.25, 0.3) is 0 Å². The van der Waals surface area contributed by atoms with Crippen molar-refractivity contribution < 1.29 is 4.42 Å². The molecular formula is C53H36N2O. The molecule has 0 saturated heterocycles. The smallest absolute Gasteiger partial charge is 0.160 e. The first-order valence-corrected chi connectivity index (χ1v) is 19.4. The number of allylic oxidation sites excluding steroid dienone is 1. The lowest BCUT2D eigenvalue weighted by atomic mass is 9.90. The maximum absolute atomic E-state index is 6.62. The summed E-state index contributed by atoms with van der Waals surface area (Å²) in [4.78, 5) is 10.8. The first-order chi connectivity index (χ1) is 27.7. The number of benzene rings is 9. The van der Waals surface area contributed by atoms with E-state index in [-0.39, 0.29) is 5.92 Å². The van der Waals surface area contributed by atoms with Gasteiger partial charge in [-0.25, -0.2) is 9.98 Å². The van der Waals surface area contributed by atoms with Crippen molar-refractivity contribution in [2.45, 2.75) is 13.3 Å². The lowest BCUT2D eigenvalue weighted by Gasteiger charge is -2.16. The molecule has 0 aliphatic carbocycles. The highest BCUT2D eigenvalue weighted by molar-refractivity contribution is 6.21. The maximum Gasteiger partial charge on any atom is 0.160 e. The molecule has 2 heterocycles. The van der Waals surface area contributed by atoms with E-state index in [1.165, 1.54) is 48.7 Å². The summed E-state index contributed by atoms with van der Waals surface area (Å²) in [7, 11) is 0. The predicted molar refractivity (Wildman–Crippen MR) is 237 cm³/mol. The van der Waals surface area contributed by atoms with Gasteiger partial charge < -0.3 is 4.42 Å². The quantitative estimate of drug-likeness (QED) is 0.163. The van der Waals surface area contributed by atoms with Crippen molar-refractivity contribution in [3.05, 3.63) is 199 Å². The summed E-state index contributed by atoms with van der Waals surface area (Å²) >= 11 is 0. The SMILES string of the molecule is CCC1C=C(c2ccccc2)N=C(c2ccc3c(c2)oc2cc(-c4ccc5ccccc5c4)ccc23)N=C1c1ccc2c(ccc3c4ccccc4ccc23)c1. The Bertz CT molecular complexity index is 3290. The molecule has 9 aromatic carbocycles. The van der Waals surface area contributed by atoms with E-state index in [9.17, 15) is 0 Å². The van der Waals surface area contributed by atoms with Gasteiger partial charge in [0.2, 0.25) is 0 Å². The van der Waals surface area contributed by atoms with Gasteiger partial charge in [-0.2, -0.15) is 0 Å². The molecule has 1 aliphatic rings. The van der Waals surface area contributed by atoms with Gasteiger partial charge in [-0.1, -0.05) is 146 Å². The second-order valence-corrected chi connectivity index (χ2v) is 14.8. The standard InChI is InChI=1S/C53H36N2O/c1-2-33-30-49(36-12-4-3-5-13-36)54-53(55-52(33)41-21-23-44-40(29-41)20-25-45-43-15-9-8-11-35(43)18-24-46(44)45)42-22-27-48-47-26-19-39(31-50(47)56-51(48)32-42)38-17-16-34-10-6-7-14-37(34)28-38/h3-33H,2H2,1H3. The van der Waals surface area contributed by atoms with Crippen LogP contribution in [0.3, 0.4) is 0 Å². The zero-order valence-corrected chi connectivity index (χ0v) is 30.9. The highest BCUT2D eigenvalue weighted by atomic mass is 16.3. The molecule has 0 spiro atoms. The topological polar surface area (TPSA) is 37.9 Å². The molecule has 0 fully saturated rings. The fourth-order valence-electron chi connectivity index (χ4n) is 8.58. The van der Waals surface area contributed by atoms with Crippen LogP contribution in [0.15, 0.2) is 196 Å². The molecule has 0 N–H and O–H groups in total. The number of aliphatic imine (C=N–C) groups is 2. The third kappa shape index (κ3) is 5.43. The van der Waals surface area contributed by atoms with Crippen LogP contribution >= 0.6 is 0 Å². The number of hydrogen-bond donors (Lipinski definition) is 0. The number of fused-ring (bicyclic) bond motifs is 9. The summed E-state index contributed by atoms with van der Waals surface area (Å²) in [5, 5.41) is 12.1. The molecule has 56 heavy (non-hydrogen) atoms. The van der Waals surface area contributed by atoms with Crippen LogP contribution in [0.4, 0.5) is 0 Å². The van der Waals surface area contributed by atoms with Gasteiger partial charge in [-0.15, -0.1) is 0 Å². The van der Waals surface area contributed by atoms with Gasteiger partial charge in [0.05, 0.1) is 11.4 Å². The highest BCUT2D eigenvalue weighted by Gasteiger charge is 2.22. The van der Waals surface area contributed by atoms with Gasteiger partial charge in [0, 0.05) is 22.3 Å². The Labute approximate surface area is 324 Å². The third-order valence-electron chi connectivity index (χ3n) is 11.5. The molecule has 0 bridgehead atoms. The van der Waals surface area contributed by atoms with Crippen LogP contribution in [0.2, 0.25) is 0 Å². The second-order valence-electron chi connectivity index (χ2n) is 14.8. The number of furan rings is 1. The summed E-state index contributed by atoms with van der Waals surface area (Å²) in [5.41, 5.74) is 9.02. The van der Waals surface area contributed by atoms with Crippen LogP contribution in [0.5, 0.6) is 0 Å². The molecule has 0 saturated carbocycles. The zero-order valence-electron chi connectivity index (χ0n) is 30.9. The van der Waals surface area contributed by atoms with Crippen LogP contribution in [0.25, 0.3) is 81.9 Å². The van der Waals surface area contributed by atoms with E-state index < -0.39 is 0 Å². The monoisotopic (exact) mass is 716 g/mol. The first-order valence-electron chi connectivity index (χ1n) is 19.4. The molecule has 1 atom stereocenters. The molecule has 1 aliphatic heterocycles. The molecule has 1 unspecified atom stereocenters. The lowest BCUT2D eigenvalue weighted by molar-refractivity contribution is 0.669. The Kier molecular flexibility index (Phi) is 7.53. The third-order valence-corrected chi connectivity index (χ3v) is 11.5. The summed E-state index contributed by atoms with van der Waals surface area (Å²) in [6.45, 7) is 2.23. The van der Waals surface area contributed by atoms with E-state index in [1.54, 1.807) is 0 Å². The Hall–Kier alpha value is -7.10. The van der Waals surface area contributed by atoms with Crippen LogP contribution < -0.4 is 0 Å². The molecule has 0 radical (unpaired) electrons. The molecule has 0 amide bonds. The summed E-state index contributed by atoms with van der Waals surface area (Å²) in [6.07, 6.45) is 3.19. The highest BCUT2D eigenvalue weighted by Crippen LogP contribution is 2.36. The number of hydrogen-bond acceptors (Lipinski definition) is 3. The molecule has 10 aromatic rings. The Balaban J connectivity index is 1.03. The van der Waals surface area contributed by atoms with Crippen LogP contribution in [0, 0.1) is 5.92 Å². The minimum absolute atomic E-state index is 0.0665. The number of rotatable bonds is 5. The van der Waals surface area contributed by atoms with Crippen molar-refractivity contribution in [2.24, 2.45) is 15.9 Å². The van der Waals surface area contributed by atoms with E-state index in [4.69, 9.17) is 14.4 Å². The van der Waals surface area contributed by atoms with Gasteiger partial charge in [0.1, 0.15) is 11.2 Å². The average Bonchev–Trinajstić information content (AvgIpc) is 3.51. The summed E-state index contributed by atoms with van der Waals surface area (Å²) < 4.78 is 6.62. The van der Waals surface area contributed by atoms with Crippen molar-refractivity contribution in [3.8, 4) is 11.1 Å². The lowest BCUT2D eigenvalue weighted by Crippen LogP contribution is -2.15. The van der Waals surface area contributed by atoms with E-state index >= 15 is 0 Å². The molecular weight excluding hydrogens is 681 g/mol. The summed E-state index contributed by atoms with van der Waals surface area (Å²) in [6, 6.07) is 62.9. The zero-order chi connectivity index (χ0) is 37.2. The second kappa shape index (κ2) is 13.0. The Morgan fingerprint density at radius 1 is 0.411 bits per heavy atom. The van der Waals surface area contributed by atoms with Crippen molar-refractivity contribution in [1.82, 2.24) is 0 Å². The van der Waals surface area contributed by atoms with Gasteiger partial charge in [-0.3, -0.25) is 0 Å². The predicted octanol–water partition coefficient (Wildman–Crippen LogP) is 14.2. The fourth-order valence-corrected chi connectivity index (χ4v) is 8.58. The van der Waals surface area contributed by atoms with Crippen molar-refractivity contribution in [3.63, 3.8) is 0 Å². The van der Waals surface area contributed by atoms with E-state index in [0.717, 1.165) is 62.0 Å². The molecule has 11 rings (SSSR count). The Morgan fingerprint density at radius 2 is 0.964 bits per heavy atom. The summed E-state index contributed by atoms with van der Waals surface area (Å²) in [5.74, 6) is 0.743.